The molecular weight excluding hydrogens is 250 g/mol. The van der Waals surface area contributed by atoms with Gasteiger partial charge in [-0.3, -0.25) is 9.69 Å². The van der Waals surface area contributed by atoms with Gasteiger partial charge in [0.25, 0.3) is 0 Å². The Bertz CT molecular complexity index is 482. The second-order valence-electron chi connectivity index (χ2n) is 6.02. The van der Waals surface area contributed by atoms with Crippen molar-refractivity contribution >= 4 is 5.78 Å². The Morgan fingerprint density at radius 1 is 1.25 bits per heavy atom. The smallest absolute Gasteiger partial charge is 0.167 e. The van der Waals surface area contributed by atoms with E-state index in [2.05, 4.69) is 4.90 Å². The first kappa shape index (κ1) is 13.6. The van der Waals surface area contributed by atoms with E-state index in [0.717, 1.165) is 36.7 Å². The van der Waals surface area contributed by atoms with Crippen LogP contribution >= 0.6 is 0 Å². The summed E-state index contributed by atoms with van der Waals surface area (Å²) in [5, 5.41) is 0. The third-order valence-electron chi connectivity index (χ3n) is 4.77. The zero-order valence-electron chi connectivity index (χ0n) is 12.2. The Morgan fingerprint density at radius 2 is 2.10 bits per heavy atom. The van der Waals surface area contributed by atoms with Gasteiger partial charge >= 0.3 is 0 Å². The van der Waals surface area contributed by atoms with Crippen LogP contribution in [0.15, 0.2) is 24.3 Å². The molecule has 1 saturated carbocycles. The molecule has 0 radical (unpaired) electrons. The van der Waals surface area contributed by atoms with E-state index in [-0.39, 0.29) is 11.7 Å². The van der Waals surface area contributed by atoms with Crippen LogP contribution < -0.4 is 4.74 Å². The third-order valence-corrected chi connectivity index (χ3v) is 4.77. The lowest BCUT2D eigenvalue weighted by Crippen LogP contribution is -2.47. The summed E-state index contributed by atoms with van der Waals surface area (Å²) in [6.45, 7) is 2.12. The van der Waals surface area contributed by atoms with Crippen molar-refractivity contribution in [2.75, 3.05) is 20.2 Å². The Kier molecular flexibility index (Phi) is 4.06. The normalized spacial score (nSPS) is 24.1. The number of benzene rings is 1. The molecule has 0 unspecified atom stereocenters. The van der Waals surface area contributed by atoms with Gasteiger partial charge in [0.1, 0.15) is 5.75 Å². The Hall–Kier alpha value is -1.35. The lowest BCUT2D eigenvalue weighted by Gasteiger charge is -2.42. The molecule has 1 saturated heterocycles. The quantitative estimate of drug-likeness (QED) is 0.789. The molecule has 1 aliphatic carbocycles. The van der Waals surface area contributed by atoms with E-state index in [1.54, 1.807) is 7.11 Å². The zero-order valence-corrected chi connectivity index (χ0v) is 12.2. The monoisotopic (exact) mass is 273 g/mol. The van der Waals surface area contributed by atoms with Crippen LogP contribution in [0.1, 0.15) is 42.5 Å². The van der Waals surface area contributed by atoms with E-state index in [1.165, 1.54) is 25.8 Å². The van der Waals surface area contributed by atoms with Crippen LogP contribution in [0.5, 0.6) is 5.75 Å². The standard InChI is InChI=1S/C17H23NO2/c1-20-16-9-2-5-13(11-16)17(19)14-6-4-10-18(12-14)15-7-3-8-15/h2,5,9,11,14-15H,3-4,6-8,10,12H2,1H3/t14-/m1/s1. The number of rotatable bonds is 4. The summed E-state index contributed by atoms with van der Waals surface area (Å²) in [6.07, 6.45) is 6.17. The van der Waals surface area contributed by atoms with Gasteiger partial charge in [0.05, 0.1) is 7.11 Å². The average molecular weight is 273 g/mol. The van der Waals surface area contributed by atoms with E-state index in [4.69, 9.17) is 4.74 Å². The van der Waals surface area contributed by atoms with Gasteiger partial charge < -0.3 is 4.74 Å². The van der Waals surface area contributed by atoms with Crippen molar-refractivity contribution in [3.05, 3.63) is 29.8 Å². The molecule has 3 heteroatoms. The van der Waals surface area contributed by atoms with Gasteiger partial charge in [-0.05, 0) is 44.4 Å². The molecule has 3 rings (SSSR count). The summed E-state index contributed by atoms with van der Waals surface area (Å²) in [5.41, 5.74) is 0.796. The van der Waals surface area contributed by atoms with E-state index < -0.39 is 0 Å². The van der Waals surface area contributed by atoms with Gasteiger partial charge in [0, 0.05) is 24.1 Å². The second-order valence-corrected chi connectivity index (χ2v) is 6.02. The first-order chi connectivity index (χ1) is 9.78. The predicted octanol–water partition coefficient (Wildman–Crippen LogP) is 3.14. The summed E-state index contributed by atoms with van der Waals surface area (Å²) in [7, 11) is 1.64. The Balaban J connectivity index is 1.69. The van der Waals surface area contributed by atoms with Gasteiger partial charge in [-0.25, -0.2) is 0 Å². The molecule has 1 aromatic rings. The molecule has 0 aromatic heterocycles. The van der Waals surface area contributed by atoms with Gasteiger partial charge in [-0.2, -0.15) is 0 Å². The largest absolute Gasteiger partial charge is 0.497 e. The van der Waals surface area contributed by atoms with Crippen molar-refractivity contribution in [3.63, 3.8) is 0 Å². The number of piperidine rings is 1. The van der Waals surface area contributed by atoms with Crippen LogP contribution in [-0.4, -0.2) is 36.9 Å². The fourth-order valence-electron chi connectivity index (χ4n) is 3.32. The molecule has 1 atom stereocenters. The Labute approximate surface area is 120 Å². The molecule has 2 fully saturated rings. The number of ketones is 1. The van der Waals surface area contributed by atoms with Gasteiger partial charge in [0.15, 0.2) is 5.78 Å². The molecule has 1 heterocycles. The zero-order chi connectivity index (χ0) is 13.9. The van der Waals surface area contributed by atoms with Crippen LogP contribution in [0, 0.1) is 5.92 Å². The minimum Gasteiger partial charge on any atom is -0.497 e. The third kappa shape index (κ3) is 2.73. The highest BCUT2D eigenvalue weighted by molar-refractivity contribution is 5.98. The first-order valence-electron chi connectivity index (χ1n) is 7.70. The molecule has 3 nitrogen and oxygen atoms in total. The number of ether oxygens (including phenoxy) is 1. The van der Waals surface area contributed by atoms with Crippen LogP contribution in [0.3, 0.4) is 0 Å². The van der Waals surface area contributed by atoms with E-state index in [0.29, 0.717) is 0 Å². The Morgan fingerprint density at radius 3 is 2.80 bits per heavy atom. The summed E-state index contributed by atoms with van der Waals surface area (Å²) in [6, 6.07) is 8.31. The summed E-state index contributed by atoms with van der Waals surface area (Å²) < 4.78 is 5.22. The van der Waals surface area contributed by atoms with Crippen LogP contribution in [0.25, 0.3) is 0 Å². The molecule has 0 bridgehead atoms. The van der Waals surface area contributed by atoms with E-state index >= 15 is 0 Å². The number of likely N-dealkylation sites (tertiary alicyclic amines) is 1. The van der Waals surface area contributed by atoms with Crippen molar-refractivity contribution in [1.82, 2.24) is 4.90 Å². The number of carbonyl (C=O) groups excluding carboxylic acids is 1. The molecule has 1 aromatic carbocycles. The number of hydrogen-bond donors (Lipinski definition) is 0. The molecule has 0 spiro atoms. The van der Waals surface area contributed by atoms with Gasteiger partial charge in [-0.15, -0.1) is 0 Å². The minimum absolute atomic E-state index is 0.163. The molecule has 0 amide bonds. The molecule has 2 aliphatic rings. The minimum atomic E-state index is 0.163. The number of nitrogens with zero attached hydrogens (tertiary/aromatic N) is 1. The maximum absolute atomic E-state index is 12.7. The van der Waals surface area contributed by atoms with Crippen LogP contribution in [0.4, 0.5) is 0 Å². The fraction of sp³-hybridized carbons (Fsp3) is 0.588. The van der Waals surface area contributed by atoms with E-state index in [1.807, 2.05) is 24.3 Å². The first-order valence-corrected chi connectivity index (χ1v) is 7.70. The summed E-state index contributed by atoms with van der Waals surface area (Å²) in [4.78, 5) is 15.2. The van der Waals surface area contributed by atoms with Crippen molar-refractivity contribution in [2.24, 2.45) is 5.92 Å². The van der Waals surface area contributed by atoms with E-state index in [9.17, 15) is 4.79 Å². The second kappa shape index (κ2) is 5.96. The SMILES string of the molecule is COc1cccc(C(=O)[C@@H]2CCCN(C3CCC3)C2)c1. The highest BCUT2D eigenvalue weighted by Gasteiger charge is 2.32. The number of methoxy groups -OCH3 is 1. The van der Waals surface area contributed by atoms with Gasteiger partial charge in [0.2, 0.25) is 0 Å². The van der Waals surface area contributed by atoms with Gasteiger partial charge in [-0.1, -0.05) is 18.6 Å². The van der Waals surface area contributed by atoms with Crippen molar-refractivity contribution in [2.45, 2.75) is 38.1 Å². The molecular formula is C17H23NO2. The summed E-state index contributed by atoms with van der Waals surface area (Å²) >= 11 is 0. The topological polar surface area (TPSA) is 29.5 Å². The molecule has 0 N–H and O–H groups in total. The predicted molar refractivity (Wildman–Crippen MR) is 79.3 cm³/mol. The number of Topliss-reactive ketones (excluding diaryl/α,β-unsaturated/α-hetero) is 1. The maximum atomic E-state index is 12.7. The highest BCUT2D eigenvalue weighted by Crippen LogP contribution is 2.30. The fourth-order valence-corrected chi connectivity index (χ4v) is 3.32. The van der Waals surface area contributed by atoms with Crippen LogP contribution in [-0.2, 0) is 0 Å². The maximum Gasteiger partial charge on any atom is 0.167 e. The van der Waals surface area contributed by atoms with Crippen molar-refractivity contribution in [3.8, 4) is 5.75 Å². The molecule has 20 heavy (non-hydrogen) atoms. The van der Waals surface area contributed by atoms with Crippen LogP contribution in [0.2, 0.25) is 0 Å². The summed E-state index contributed by atoms with van der Waals surface area (Å²) in [5.74, 6) is 1.21. The lowest BCUT2D eigenvalue weighted by atomic mass is 9.85. The van der Waals surface area contributed by atoms with Crippen molar-refractivity contribution in [1.29, 1.82) is 0 Å². The molecule has 1 aliphatic heterocycles. The highest BCUT2D eigenvalue weighted by atomic mass is 16.5. The average Bonchev–Trinajstić information content (AvgIpc) is 2.45. The number of hydrogen-bond acceptors (Lipinski definition) is 3. The van der Waals surface area contributed by atoms with Crippen molar-refractivity contribution < 1.29 is 9.53 Å². The lowest BCUT2D eigenvalue weighted by molar-refractivity contribution is 0.0612. The number of carbonyl (C=O) groups is 1. The molecule has 108 valence electrons.